The Labute approximate surface area is 90.8 Å². The zero-order valence-corrected chi connectivity index (χ0v) is 8.47. The Morgan fingerprint density at radius 3 is 2.88 bits per heavy atom. The van der Waals surface area contributed by atoms with Gasteiger partial charge in [0, 0.05) is 12.1 Å². The fraction of sp³-hybridized carbons (Fsp3) is 0.222. The van der Waals surface area contributed by atoms with Gasteiger partial charge in [-0.1, -0.05) is 0 Å². The molecule has 1 rings (SSSR count). The lowest BCUT2D eigenvalue weighted by Gasteiger charge is -2.06. The summed E-state index contributed by atoms with van der Waals surface area (Å²) in [6.07, 6.45) is -0.779. The molecule has 0 aliphatic heterocycles. The Bertz CT molecular complexity index is 418. The highest BCUT2D eigenvalue weighted by Crippen LogP contribution is 2.27. The normalized spacial score (nSPS) is 9.56. The van der Waals surface area contributed by atoms with Gasteiger partial charge >= 0.3 is 6.09 Å². The topological polar surface area (TPSA) is 102 Å². The molecule has 2 N–H and O–H groups in total. The summed E-state index contributed by atoms with van der Waals surface area (Å²) in [5.74, 6) is -0.265. The molecule has 0 aromatic heterocycles. The summed E-state index contributed by atoms with van der Waals surface area (Å²) in [5, 5.41) is 22.0. The molecular weight excluding hydrogens is 216 g/mol. The van der Waals surface area contributed by atoms with E-state index >= 15 is 0 Å². The molecule has 0 spiro atoms. The van der Waals surface area contributed by atoms with E-state index in [0.717, 1.165) is 18.2 Å². The summed E-state index contributed by atoms with van der Waals surface area (Å²) >= 11 is 0. The van der Waals surface area contributed by atoms with Crippen molar-refractivity contribution in [2.75, 3.05) is 11.9 Å². The van der Waals surface area contributed by atoms with Gasteiger partial charge in [-0.25, -0.2) is 4.79 Å². The highest BCUT2D eigenvalue weighted by Gasteiger charge is 2.12. The van der Waals surface area contributed by atoms with E-state index < -0.39 is 11.0 Å². The van der Waals surface area contributed by atoms with E-state index in [1.54, 1.807) is 6.92 Å². The first-order chi connectivity index (χ1) is 7.54. The van der Waals surface area contributed by atoms with E-state index in [1.165, 1.54) is 0 Å². The van der Waals surface area contributed by atoms with Crippen LogP contribution < -0.4 is 5.32 Å². The standard InChI is InChI=1S/C9H10N2O5/c1-2-16-9(13)10-7-5-6(11(14)15)3-4-8(7)12/h3-5,12H,2H2,1H3,(H,10,13). The molecule has 0 aliphatic rings. The monoisotopic (exact) mass is 226 g/mol. The van der Waals surface area contributed by atoms with Crippen molar-refractivity contribution in [2.24, 2.45) is 0 Å². The first kappa shape index (κ1) is 11.8. The summed E-state index contributed by atoms with van der Waals surface area (Å²) in [5.41, 5.74) is -0.294. The number of phenols is 1. The molecule has 0 saturated carbocycles. The van der Waals surface area contributed by atoms with Gasteiger partial charge in [0.1, 0.15) is 5.75 Å². The average Bonchev–Trinajstić information content (AvgIpc) is 2.21. The molecule has 0 radical (unpaired) electrons. The molecule has 7 heteroatoms. The summed E-state index contributed by atoms with van der Waals surface area (Å²) in [6, 6.07) is 3.30. The maximum atomic E-state index is 11.0. The zero-order chi connectivity index (χ0) is 12.1. The lowest BCUT2D eigenvalue weighted by Crippen LogP contribution is -2.13. The van der Waals surface area contributed by atoms with Crippen LogP contribution in [0.1, 0.15) is 6.92 Å². The number of benzene rings is 1. The van der Waals surface area contributed by atoms with Crippen LogP contribution in [-0.2, 0) is 4.74 Å². The summed E-state index contributed by atoms with van der Waals surface area (Å²) in [7, 11) is 0. The third-order valence-electron chi connectivity index (χ3n) is 1.70. The van der Waals surface area contributed by atoms with Crippen molar-refractivity contribution in [1.29, 1.82) is 0 Å². The fourth-order valence-electron chi connectivity index (χ4n) is 1.01. The smallest absolute Gasteiger partial charge is 0.411 e. The lowest BCUT2D eigenvalue weighted by molar-refractivity contribution is -0.384. The Morgan fingerprint density at radius 1 is 1.62 bits per heavy atom. The van der Waals surface area contributed by atoms with Gasteiger partial charge in [0.25, 0.3) is 5.69 Å². The number of phenolic OH excluding ortho intramolecular Hbond substituents is 1. The van der Waals surface area contributed by atoms with Gasteiger partial charge in [-0.05, 0) is 13.0 Å². The molecule has 0 atom stereocenters. The van der Waals surface area contributed by atoms with E-state index in [1.807, 2.05) is 0 Å². The zero-order valence-electron chi connectivity index (χ0n) is 8.47. The number of amides is 1. The van der Waals surface area contributed by atoms with Gasteiger partial charge in [-0.3, -0.25) is 15.4 Å². The first-order valence-electron chi connectivity index (χ1n) is 4.45. The molecule has 0 unspecified atom stereocenters. The number of non-ortho nitro benzene ring substituents is 1. The number of anilines is 1. The summed E-state index contributed by atoms with van der Waals surface area (Å²) < 4.78 is 4.57. The molecule has 7 nitrogen and oxygen atoms in total. The number of hydrogen-bond donors (Lipinski definition) is 2. The number of aromatic hydroxyl groups is 1. The minimum Gasteiger partial charge on any atom is -0.506 e. The minimum absolute atomic E-state index is 0.0624. The van der Waals surface area contributed by atoms with Crippen LogP contribution in [0, 0.1) is 10.1 Å². The van der Waals surface area contributed by atoms with E-state index in [-0.39, 0.29) is 23.7 Å². The number of hydrogen-bond acceptors (Lipinski definition) is 5. The molecule has 1 amide bonds. The number of nitrogens with one attached hydrogen (secondary N) is 1. The molecule has 0 bridgehead atoms. The van der Waals surface area contributed by atoms with E-state index in [0.29, 0.717) is 0 Å². The Balaban J connectivity index is 2.90. The van der Waals surface area contributed by atoms with Crippen molar-refractivity contribution >= 4 is 17.5 Å². The SMILES string of the molecule is CCOC(=O)Nc1cc([N+](=O)[O-])ccc1O. The number of ether oxygens (including phenoxy) is 1. The van der Waals surface area contributed by atoms with Crippen LogP contribution in [0.5, 0.6) is 5.75 Å². The molecule has 1 aromatic rings. The van der Waals surface area contributed by atoms with Crippen molar-refractivity contribution < 1.29 is 19.6 Å². The van der Waals surface area contributed by atoms with E-state index in [2.05, 4.69) is 10.1 Å². The van der Waals surface area contributed by atoms with Crippen LogP contribution in [0.4, 0.5) is 16.2 Å². The number of rotatable bonds is 3. The van der Waals surface area contributed by atoms with Gasteiger partial charge in [0.2, 0.25) is 0 Å². The summed E-state index contributed by atoms with van der Waals surface area (Å²) in [4.78, 5) is 20.9. The fourth-order valence-corrected chi connectivity index (χ4v) is 1.01. The Morgan fingerprint density at radius 2 is 2.31 bits per heavy atom. The second kappa shape index (κ2) is 4.96. The molecule has 1 aromatic carbocycles. The molecule has 0 saturated heterocycles. The minimum atomic E-state index is -0.779. The third-order valence-corrected chi connectivity index (χ3v) is 1.70. The Hall–Kier alpha value is -2.31. The van der Waals surface area contributed by atoms with Crippen LogP contribution in [0.25, 0.3) is 0 Å². The number of nitrogens with zero attached hydrogens (tertiary/aromatic N) is 1. The molecule has 0 heterocycles. The van der Waals surface area contributed by atoms with Gasteiger partial charge < -0.3 is 9.84 Å². The first-order valence-corrected chi connectivity index (χ1v) is 4.45. The molecule has 0 aliphatic carbocycles. The van der Waals surface area contributed by atoms with Crippen LogP contribution >= 0.6 is 0 Å². The summed E-state index contributed by atoms with van der Waals surface area (Å²) in [6.45, 7) is 1.79. The van der Waals surface area contributed by atoms with Crippen molar-refractivity contribution in [3.63, 3.8) is 0 Å². The van der Waals surface area contributed by atoms with Crippen molar-refractivity contribution in [3.05, 3.63) is 28.3 Å². The predicted octanol–water partition coefficient (Wildman–Crippen LogP) is 1.87. The van der Waals surface area contributed by atoms with Gasteiger partial charge in [0.05, 0.1) is 17.2 Å². The van der Waals surface area contributed by atoms with Crippen LogP contribution in [0.15, 0.2) is 18.2 Å². The molecular formula is C9H10N2O5. The number of nitro benzene ring substituents is 1. The van der Waals surface area contributed by atoms with Crippen molar-refractivity contribution in [3.8, 4) is 5.75 Å². The molecule has 86 valence electrons. The van der Waals surface area contributed by atoms with Gasteiger partial charge in [-0.15, -0.1) is 0 Å². The third kappa shape index (κ3) is 2.84. The van der Waals surface area contributed by atoms with Gasteiger partial charge in [-0.2, -0.15) is 0 Å². The largest absolute Gasteiger partial charge is 0.506 e. The molecule has 16 heavy (non-hydrogen) atoms. The predicted molar refractivity (Wildman–Crippen MR) is 55.4 cm³/mol. The number of carbonyl (C=O) groups excluding carboxylic acids is 1. The van der Waals surface area contributed by atoms with Crippen LogP contribution in [0.3, 0.4) is 0 Å². The maximum absolute atomic E-state index is 11.0. The van der Waals surface area contributed by atoms with Gasteiger partial charge in [0.15, 0.2) is 0 Å². The second-order valence-corrected chi connectivity index (χ2v) is 2.80. The highest BCUT2D eigenvalue weighted by atomic mass is 16.6. The second-order valence-electron chi connectivity index (χ2n) is 2.80. The van der Waals surface area contributed by atoms with Crippen LogP contribution in [0.2, 0.25) is 0 Å². The van der Waals surface area contributed by atoms with E-state index in [9.17, 15) is 20.0 Å². The van der Waals surface area contributed by atoms with E-state index in [4.69, 9.17) is 0 Å². The quantitative estimate of drug-likeness (QED) is 0.465. The van der Waals surface area contributed by atoms with Crippen molar-refractivity contribution in [2.45, 2.75) is 6.92 Å². The number of nitro groups is 1. The van der Waals surface area contributed by atoms with Crippen LogP contribution in [-0.4, -0.2) is 22.7 Å². The average molecular weight is 226 g/mol. The van der Waals surface area contributed by atoms with Crippen molar-refractivity contribution in [1.82, 2.24) is 0 Å². The number of carbonyl (C=O) groups is 1. The Kier molecular flexibility index (Phi) is 3.65. The molecule has 0 fully saturated rings. The maximum Gasteiger partial charge on any atom is 0.411 e. The lowest BCUT2D eigenvalue weighted by atomic mass is 10.2. The highest BCUT2D eigenvalue weighted by molar-refractivity contribution is 5.87.